The number of carbonyl (C=O) groups excluding carboxylic acids is 1. The van der Waals surface area contributed by atoms with Gasteiger partial charge in [0.1, 0.15) is 5.82 Å². The van der Waals surface area contributed by atoms with E-state index < -0.39 is 11.6 Å². The summed E-state index contributed by atoms with van der Waals surface area (Å²) in [5, 5.41) is 23.7. The van der Waals surface area contributed by atoms with Gasteiger partial charge in [0, 0.05) is 36.4 Å². The van der Waals surface area contributed by atoms with Crippen LogP contribution in [0.2, 0.25) is 0 Å². The van der Waals surface area contributed by atoms with Crippen molar-refractivity contribution in [3.05, 3.63) is 17.3 Å². The van der Waals surface area contributed by atoms with Crippen molar-refractivity contribution in [2.75, 3.05) is 18.0 Å². The number of aliphatic hydroxyl groups is 1. The van der Waals surface area contributed by atoms with Gasteiger partial charge in [0.15, 0.2) is 0 Å². The standard InChI is InChI=1S/C29H41N3O4S/c33-24(34)11-17-5-4-8-32(16-17)27-23(37)12-22(26(30-27)19-6-2-1-3-7-19)28(35)31-25-20-9-18-10-21(25)15-29(36,13-18)14-20/h12,17-21,25,36-37H,1-11,13-16H2,(H,31,35)(H,33,34)/t17-,18?,20?,21?,25?,29?/m0/s1. The van der Waals surface area contributed by atoms with Gasteiger partial charge < -0.3 is 20.4 Å². The van der Waals surface area contributed by atoms with Gasteiger partial charge in [0.25, 0.3) is 5.91 Å². The highest BCUT2D eigenvalue weighted by Crippen LogP contribution is 2.55. The molecule has 37 heavy (non-hydrogen) atoms. The molecule has 6 fully saturated rings. The van der Waals surface area contributed by atoms with Crippen LogP contribution >= 0.6 is 12.6 Å². The summed E-state index contributed by atoms with van der Waals surface area (Å²) in [7, 11) is 0. The number of aromatic nitrogens is 1. The highest BCUT2D eigenvalue weighted by atomic mass is 32.1. The maximum atomic E-state index is 13.9. The summed E-state index contributed by atoms with van der Waals surface area (Å²) in [4.78, 5) is 33.2. The van der Waals surface area contributed by atoms with Gasteiger partial charge in [-0.05, 0) is 87.5 Å². The Hall–Kier alpha value is -1.80. The zero-order valence-corrected chi connectivity index (χ0v) is 22.6. The van der Waals surface area contributed by atoms with Crippen LogP contribution < -0.4 is 10.2 Å². The van der Waals surface area contributed by atoms with Crippen molar-refractivity contribution in [1.29, 1.82) is 0 Å². The molecule has 3 atom stereocenters. The second-order valence-corrected chi connectivity index (χ2v) is 13.3. The van der Waals surface area contributed by atoms with E-state index in [0.717, 1.165) is 88.7 Å². The third kappa shape index (κ3) is 5.12. The fourth-order valence-electron chi connectivity index (χ4n) is 8.73. The molecule has 5 aliphatic carbocycles. The summed E-state index contributed by atoms with van der Waals surface area (Å²) in [6.45, 7) is 1.50. The van der Waals surface area contributed by atoms with E-state index in [1.807, 2.05) is 6.07 Å². The van der Waals surface area contributed by atoms with Gasteiger partial charge in [-0.15, -0.1) is 12.6 Å². The number of hydrogen-bond donors (Lipinski definition) is 4. The molecule has 7 rings (SSSR count). The maximum Gasteiger partial charge on any atom is 0.303 e. The van der Waals surface area contributed by atoms with Crippen LogP contribution in [0, 0.1) is 23.7 Å². The smallest absolute Gasteiger partial charge is 0.303 e. The Kier molecular flexibility index (Phi) is 6.93. The Balaban J connectivity index is 1.27. The molecule has 1 aromatic rings. The Morgan fingerprint density at radius 3 is 2.49 bits per heavy atom. The van der Waals surface area contributed by atoms with E-state index in [0.29, 0.717) is 34.8 Å². The van der Waals surface area contributed by atoms with E-state index in [1.165, 1.54) is 6.42 Å². The first kappa shape index (κ1) is 25.5. The summed E-state index contributed by atoms with van der Waals surface area (Å²) in [5.74, 6) is 1.70. The number of aliphatic carboxylic acids is 1. The summed E-state index contributed by atoms with van der Waals surface area (Å²) in [6.07, 6.45) is 12.4. The molecule has 4 bridgehead atoms. The number of nitrogens with zero attached hydrogens (tertiary/aromatic N) is 2. The van der Waals surface area contributed by atoms with Crippen molar-refractivity contribution < 1.29 is 19.8 Å². The van der Waals surface area contributed by atoms with Crippen LogP contribution in [0.4, 0.5) is 5.82 Å². The van der Waals surface area contributed by atoms with Crippen LogP contribution in [0.1, 0.15) is 105 Å². The van der Waals surface area contributed by atoms with E-state index in [9.17, 15) is 19.8 Å². The highest BCUT2D eigenvalue weighted by Gasteiger charge is 2.55. The van der Waals surface area contributed by atoms with Gasteiger partial charge >= 0.3 is 5.97 Å². The van der Waals surface area contributed by atoms with Crippen molar-refractivity contribution in [2.24, 2.45) is 23.7 Å². The Morgan fingerprint density at radius 1 is 1.08 bits per heavy atom. The SMILES string of the molecule is O=C(O)C[C@@H]1CCCN(c2nc(C3CCCCC3)c(C(=O)NC3C4CC5CC3CC(O)(C5)C4)cc2S)C1. The van der Waals surface area contributed by atoms with E-state index in [1.54, 1.807) is 0 Å². The van der Waals surface area contributed by atoms with Crippen LogP contribution in [-0.4, -0.2) is 51.8 Å². The lowest BCUT2D eigenvalue weighted by Crippen LogP contribution is -2.61. The lowest BCUT2D eigenvalue weighted by molar-refractivity contribution is -0.138. The highest BCUT2D eigenvalue weighted by molar-refractivity contribution is 7.80. The minimum Gasteiger partial charge on any atom is -0.481 e. The summed E-state index contributed by atoms with van der Waals surface area (Å²) in [5.41, 5.74) is 1.04. The number of rotatable bonds is 6. The van der Waals surface area contributed by atoms with Crippen molar-refractivity contribution in [3.63, 3.8) is 0 Å². The zero-order valence-electron chi connectivity index (χ0n) is 21.7. The number of carbonyl (C=O) groups is 2. The predicted octanol–water partition coefficient (Wildman–Crippen LogP) is 4.78. The van der Waals surface area contributed by atoms with Crippen LogP contribution in [0.3, 0.4) is 0 Å². The van der Waals surface area contributed by atoms with Gasteiger partial charge in [0.2, 0.25) is 0 Å². The molecule has 2 unspecified atom stereocenters. The Bertz CT molecular complexity index is 1040. The minimum atomic E-state index is -0.752. The molecule has 0 radical (unpaired) electrons. The first-order chi connectivity index (χ1) is 17.8. The molecule has 1 amide bonds. The fourth-order valence-corrected chi connectivity index (χ4v) is 9.05. The van der Waals surface area contributed by atoms with E-state index in [2.05, 4.69) is 10.2 Å². The molecule has 7 nitrogen and oxygen atoms in total. The average molecular weight is 528 g/mol. The number of thiol groups is 1. The van der Waals surface area contributed by atoms with Gasteiger partial charge in [-0.25, -0.2) is 4.98 Å². The molecule has 6 aliphatic rings. The monoisotopic (exact) mass is 527 g/mol. The quantitative estimate of drug-likeness (QED) is 0.397. The third-order valence-corrected chi connectivity index (χ3v) is 10.4. The van der Waals surface area contributed by atoms with Gasteiger partial charge in [0.05, 0.1) is 16.9 Å². The number of piperidine rings is 1. The first-order valence-electron chi connectivity index (χ1n) is 14.5. The number of amides is 1. The van der Waals surface area contributed by atoms with Crippen LogP contribution in [0.15, 0.2) is 11.0 Å². The van der Waals surface area contributed by atoms with Gasteiger partial charge in [-0.3, -0.25) is 9.59 Å². The predicted molar refractivity (Wildman–Crippen MR) is 144 cm³/mol. The van der Waals surface area contributed by atoms with Crippen LogP contribution in [0.5, 0.6) is 0 Å². The van der Waals surface area contributed by atoms with Crippen molar-refractivity contribution in [3.8, 4) is 0 Å². The molecule has 1 aliphatic heterocycles. The molecular formula is C29H41N3O4S. The van der Waals surface area contributed by atoms with E-state index in [4.69, 9.17) is 17.6 Å². The molecule has 3 N–H and O–H groups in total. The Morgan fingerprint density at radius 2 is 1.81 bits per heavy atom. The Labute approximate surface area is 225 Å². The second-order valence-electron chi connectivity index (χ2n) is 12.8. The molecule has 202 valence electrons. The third-order valence-electron chi connectivity index (χ3n) is 10.1. The van der Waals surface area contributed by atoms with Crippen molar-refractivity contribution in [1.82, 2.24) is 10.3 Å². The average Bonchev–Trinajstić information content (AvgIpc) is 2.85. The second kappa shape index (κ2) is 10.1. The first-order valence-corrected chi connectivity index (χ1v) is 15.0. The maximum absolute atomic E-state index is 13.9. The number of anilines is 1. The van der Waals surface area contributed by atoms with E-state index >= 15 is 0 Å². The number of hydrogen-bond acceptors (Lipinski definition) is 6. The molecule has 5 saturated carbocycles. The topological polar surface area (TPSA) is 103 Å². The largest absolute Gasteiger partial charge is 0.481 e. The summed E-state index contributed by atoms with van der Waals surface area (Å²) >= 11 is 4.81. The number of nitrogens with one attached hydrogen (secondary N) is 1. The van der Waals surface area contributed by atoms with Gasteiger partial charge in [-0.2, -0.15) is 0 Å². The molecule has 0 spiro atoms. The zero-order chi connectivity index (χ0) is 25.7. The molecule has 2 heterocycles. The van der Waals surface area contributed by atoms with Gasteiger partial charge in [-0.1, -0.05) is 19.3 Å². The minimum absolute atomic E-state index is 0.0400. The fraction of sp³-hybridized carbons (Fsp3) is 0.759. The number of pyridine rings is 1. The van der Waals surface area contributed by atoms with Crippen molar-refractivity contribution >= 4 is 30.3 Å². The van der Waals surface area contributed by atoms with E-state index in [-0.39, 0.29) is 30.2 Å². The molecular weight excluding hydrogens is 486 g/mol. The molecule has 1 saturated heterocycles. The molecule has 8 heteroatoms. The summed E-state index contributed by atoms with van der Waals surface area (Å²) in [6, 6.07) is 2.06. The molecule has 1 aromatic heterocycles. The lowest BCUT2D eigenvalue weighted by atomic mass is 9.52. The van der Waals surface area contributed by atoms with Crippen molar-refractivity contribution in [2.45, 2.75) is 106 Å². The van der Waals surface area contributed by atoms with Crippen LogP contribution in [0.25, 0.3) is 0 Å². The molecule has 0 aromatic carbocycles. The summed E-state index contributed by atoms with van der Waals surface area (Å²) < 4.78 is 0. The lowest BCUT2D eigenvalue weighted by Gasteiger charge is -2.58. The number of carboxylic acids is 1. The normalized spacial score (nSPS) is 35.5. The number of carboxylic acid groups (broad SMARTS) is 1. The van der Waals surface area contributed by atoms with Crippen LogP contribution in [-0.2, 0) is 4.79 Å².